The number of halogens is 1. The Kier molecular flexibility index (Phi) is 4.88. The van der Waals surface area contributed by atoms with Crippen LogP contribution in [0.25, 0.3) is 0 Å². The van der Waals surface area contributed by atoms with Crippen LogP contribution in [0.15, 0.2) is 22.7 Å². The molecule has 114 valence electrons. The summed E-state index contributed by atoms with van der Waals surface area (Å²) in [6, 6.07) is 4.62. The van der Waals surface area contributed by atoms with Crippen LogP contribution in [-0.2, 0) is 0 Å². The summed E-state index contributed by atoms with van der Waals surface area (Å²) in [5.41, 5.74) is 0.394. The number of hydrogen-bond acceptors (Lipinski definition) is 2. The number of benzene rings is 1. The highest BCUT2D eigenvalue weighted by molar-refractivity contribution is 9.10. The summed E-state index contributed by atoms with van der Waals surface area (Å²) in [7, 11) is 0. The normalized spacial score (nSPS) is 14.1. The molecule has 0 bridgehead atoms. The van der Waals surface area contributed by atoms with Gasteiger partial charge in [0.25, 0.3) is 0 Å². The van der Waals surface area contributed by atoms with Crippen molar-refractivity contribution in [3.8, 4) is 0 Å². The SMILES string of the molecule is CC(C)N(CC1CC1)C(=O)Nc1ccc(Br)cc1C(=O)O. The van der Waals surface area contributed by atoms with Gasteiger partial charge in [0.1, 0.15) is 0 Å². The average Bonchev–Trinajstić information content (AvgIpc) is 3.21. The van der Waals surface area contributed by atoms with E-state index in [0.717, 1.165) is 19.4 Å². The average molecular weight is 355 g/mol. The lowest BCUT2D eigenvalue weighted by molar-refractivity contribution is 0.0698. The van der Waals surface area contributed by atoms with Crippen molar-refractivity contribution in [2.45, 2.75) is 32.7 Å². The van der Waals surface area contributed by atoms with E-state index in [0.29, 0.717) is 16.1 Å². The van der Waals surface area contributed by atoms with Gasteiger partial charge in [-0.25, -0.2) is 9.59 Å². The molecule has 0 aliphatic heterocycles. The molecule has 0 saturated heterocycles. The molecule has 1 saturated carbocycles. The molecule has 0 unspecified atom stereocenters. The number of carbonyl (C=O) groups excluding carboxylic acids is 1. The fourth-order valence-electron chi connectivity index (χ4n) is 2.10. The molecule has 1 aromatic rings. The van der Waals surface area contributed by atoms with Crippen LogP contribution < -0.4 is 5.32 Å². The predicted molar refractivity (Wildman–Crippen MR) is 84.7 cm³/mol. The van der Waals surface area contributed by atoms with E-state index in [9.17, 15) is 14.7 Å². The maximum Gasteiger partial charge on any atom is 0.337 e. The number of hydrogen-bond donors (Lipinski definition) is 2. The Morgan fingerprint density at radius 2 is 2.10 bits per heavy atom. The maximum absolute atomic E-state index is 12.4. The number of nitrogens with zero attached hydrogens (tertiary/aromatic N) is 1. The Morgan fingerprint density at radius 3 is 2.62 bits per heavy atom. The molecule has 0 atom stereocenters. The molecule has 0 spiro atoms. The van der Waals surface area contributed by atoms with E-state index in [1.165, 1.54) is 6.07 Å². The fraction of sp³-hybridized carbons (Fsp3) is 0.467. The van der Waals surface area contributed by atoms with E-state index in [-0.39, 0.29) is 17.6 Å². The summed E-state index contributed by atoms with van der Waals surface area (Å²) in [5.74, 6) is -0.480. The quantitative estimate of drug-likeness (QED) is 0.844. The predicted octanol–water partition coefficient (Wildman–Crippen LogP) is 3.80. The second kappa shape index (κ2) is 6.47. The first kappa shape index (κ1) is 15.8. The first-order valence-electron chi connectivity index (χ1n) is 6.99. The number of anilines is 1. The summed E-state index contributed by atoms with van der Waals surface area (Å²) < 4.78 is 0.664. The molecule has 2 rings (SSSR count). The van der Waals surface area contributed by atoms with E-state index < -0.39 is 5.97 Å². The van der Waals surface area contributed by atoms with Crippen LogP contribution in [0.3, 0.4) is 0 Å². The van der Waals surface area contributed by atoms with E-state index in [1.807, 2.05) is 13.8 Å². The second-order valence-electron chi connectivity index (χ2n) is 5.61. The zero-order valence-electron chi connectivity index (χ0n) is 12.1. The summed E-state index contributed by atoms with van der Waals surface area (Å²) in [5, 5.41) is 11.9. The molecule has 6 heteroatoms. The Labute approximate surface area is 132 Å². The van der Waals surface area contributed by atoms with Gasteiger partial charge in [-0.15, -0.1) is 0 Å². The maximum atomic E-state index is 12.4. The van der Waals surface area contributed by atoms with Gasteiger partial charge in [-0.05, 0) is 50.8 Å². The third-order valence-corrected chi connectivity index (χ3v) is 3.98. The molecular weight excluding hydrogens is 336 g/mol. The molecule has 1 aliphatic carbocycles. The van der Waals surface area contributed by atoms with Gasteiger partial charge >= 0.3 is 12.0 Å². The number of aromatic carboxylic acids is 1. The first-order chi connectivity index (χ1) is 9.88. The standard InChI is InChI=1S/C15H19BrN2O3/c1-9(2)18(8-10-3-4-10)15(21)17-13-6-5-11(16)7-12(13)14(19)20/h5-7,9-10H,3-4,8H2,1-2H3,(H,17,21)(H,19,20). The molecule has 0 radical (unpaired) electrons. The van der Waals surface area contributed by atoms with Gasteiger partial charge in [0.15, 0.2) is 0 Å². The smallest absolute Gasteiger partial charge is 0.337 e. The number of carboxylic acid groups (broad SMARTS) is 1. The van der Waals surface area contributed by atoms with Crippen LogP contribution in [0.4, 0.5) is 10.5 Å². The molecule has 0 heterocycles. The van der Waals surface area contributed by atoms with Gasteiger partial charge in [0.2, 0.25) is 0 Å². The molecule has 1 aromatic carbocycles. The van der Waals surface area contributed by atoms with Gasteiger partial charge in [-0.1, -0.05) is 15.9 Å². The molecule has 1 aliphatic rings. The van der Waals surface area contributed by atoms with Gasteiger partial charge in [0.05, 0.1) is 11.3 Å². The van der Waals surface area contributed by atoms with E-state index in [2.05, 4.69) is 21.2 Å². The Bertz CT molecular complexity index is 556. The Balaban J connectivity index is 2.15. The molecule has 5 nitrogen and oxygen atoms in total. The van der Waals surface area contributed by atoms with Crippen molar-refractivity contribution < 1.29 is 14.7 Å². The number of urea groups is 1. The number of carbonyl (C=O) groups is 2. The van der Waals surface area contributed by atoms with E-state index >= 15 is 0 Å². The van der Waals surface area contributed by atoms with Crippen molar-refractivity contribution in [1.82, 2.24) is 4.90 Å². The van der Waals surface area contributed by atoms with Crippen molar-refractivity contribution in [3.05, 3.63) is 28.2 Å². The highest BCUT2D eigenvalue weighted by Crippen LogP contribution is 2.30. The minimum absolute atomic E-state index is 0.0767. The molecular formula is C15H19BrN2O3. The van der Waals surface area contributed by atoms with Gasteiger partial charge in [0, 0.05) is 17.1 Å². The fourth-order valence-corrected chi connectivity index (χ4v) is 2.46. The lowest BCUT2D eigenvalue weighted by atomic mass is 10.2. The number of amides is 2. The van der Waals surface area contributed by atoms with Crippen LogP contribution >= 0.6 is 15.9 Å². The highest BCUT2D eigenvalue weighted by atomic mass is 79.9. The van der Waals surface area contributed by atoms with Gasteiger partial charge in [-0.3, -0.25) is 0 Å². The number of nitrogens with one attached hydrogen (secondary N) is 1. The van der Waals surface area contributed by atoms with E-state index in [1.54, 1.807) is 17.0 Å². The van der Waals surface area contributed by atoms with Gasteiger partial charge < -0.3 is 15.3 Å². The van der Waals surface area contributed by atoms with Crippen molar-refractivity contribution in [3.63, 3.8) is 0 Å². The van der Waals surface area contributed by atoms with Crippen LogP contribution in [0.5, 0.6) is 0 Å². The summed E-state index contributed by atoms with van der Waals surface area (Å²) >= 11 is 3.24. The van der Waals surface area contributed by atoms with Gasteiger partial charge in [-0.2, -0.15) is 0 Å². The molecule has 21 heavy (non-hydrogen) atoms. The minimum atomic E-state index is -1.06. The minimum Gasteiger partial charge on any atom is -0.478 e. The zero-order chi connectivity index (χ0) is 15.6. The van der Waals surface area contributed by atoms with E-state index in [4.69, 9.17) is 0 Å². The number of carboxylic acids is 1. The number of rotatable bonds is 5. The van der Waals surface area contributed by atoms with Crippen molar-refractivity contribution >= 4 is 33.6 Å². The highest BCUT2D eigenvalue weighted by Gasteiger charge is 2.28. The molecule has 0 aromatic heterocycles. The third-order valence-electron chi connectivity index (χ3n) is 3.49. The topological polar surface area (TPSA) is 69.6 Å². The second-order valence-corrected chi connectivity index (χ2v) is 6.53. The van der Waals surface area contributed by atoms with Crippen molar-refractivity contribution in [2.24, 2.45) is 5.92 Å². The van der Waals surface area contributed by atoms with Crippen LogP contribution in [-0.4, -0.2) is 34.6 Å². The third kappa shape index (κ3) is 4.20. The van der Waals surface area contributed by atoms with Crippen LogP contribution in [0, 0.1) is 5.92 Å². The van der Waals surface area contributed by atoms with Crippen LogP contribution in [0.1, 0.15) is 37.0 Å². The largest absolute Gasteiger partial charge is 0.478 e. The lowest BCUT2D eigenvalue weighted by Crippen LogP contribution is -2.41. The summed E-state index contributed by atoms with van der Waals surface area (Å²) in [4.78, 5) is 25.4. The van der Waals surface area contributed by atoms with Crippen molar-refractivity contribution in [2.75, 3.05) is 11.9 Å². The molecule has 2 N–H and O–H groups in total. The summed E-state index contributed by atoms with van der Waals surface area (Å²) in [6.07, 6.45) is 2.32. The lowest BCUT2D eigenvalue weighted by Gasteiger charge is -2.27. The zero-order valence-corrected chi connectivity index (χ0v) is 13.7. The molecule has 1 fully saturated rings. The first-order valence-corrected chi connectivity index (χ1v) is 7.78. The molecule has 2 amide bonds. The summed E-state index contributed by atoms with van der Waals surface area (Å²) in [6.45, 7) is 4.64. The van der Waals surface area contributed by atoms with Crippen LogP contribution in [0.2, 0.25) is 0 Å². The Morgan fingerprint density at radius 1 is 1.43 bits per heavy atom. The monoisotopic (exact) mass is 354 g/mol. The Hall–Kier alpha value is -1.56. The van der Waals surface area contributed by atoms with Crippen molar-refractivity contribution in [1.29, 1.82) is 0 Å².